The van der Waals surface area contributed by atoms with Crippen molar-refractivity contribution >= 4 is 63.2 Å². The maximum atomic E-state index is 12.4. The molecular formula is C18H13IN2O4S. The molecule has 1 heterocycles. The van der Waals surface area contributed by atoms with Crippen LogP contribution in [0.1, 0.15) is 15.9 Å². The first-order chi connectivity index (χ1) is 12.3. The van der Waals surface area contributed by atoms with E-state index in [0.29, 0.717) is 19.3 Å². The fraction of sp³-hybridized carbons (Fsp3) is 0.0556. The molecule has 1 aliphatic heterocycles. The highest BCUT2D eigenvalue weighted by Gasteiger charge is 2.30. The number of amidine groups is 1. The van der Waals surface area contributed by atoms with Crippen LogP contribution in [0.4, 0.5) is 5.69 Å². The summed E-state index contributed by atoms with van der Waals surface area (Å²) in [5.74, 6) is -0.971. The topological polar surface area (TPSA) is 90.2 Å². The number of halogens is 1. The molecule has 0 unspecified atom stereocenters. The predicted octanol–water partition coefficient (Wildman–Crippen LogP) is 3.93. The van der Waals surface area contributed by atoms with Crippen molar-refractivity contribution in [1.29, 1.82) is 0 Å². The average Bonchev–Trinajstić information content (AvgIpc) is 2.87. The van der Waals surface area contributed by atoms with E-state index in [1.807, 2.05) is 22.6 Å². The minimum Gasteiger partial charge on any atom is -0.507 e. The van der Waals surface area contributed by atoms with Gasteiger partial charge in [0.25, 0.3) is 5.91 Å². The Balaban J connectivity index is 1.87. The Morgan fingerprint density at radius 2 is 1.92 bits per heavy atom. The number of amides is 1. The van der Waals surface area contributed by atoms with Gasteiger partial charge in [-0.3, -0.25) is 9.69 Å². The molecule has 0 saturated carbocycles. The molecule has 1 amide bonds. The summed E-state index contributed by atoms with van der Waals surface area (Å²) in [4.78, 5) is 29.7. The number of likely N-dealkylation sites (N-methyl/N-ethyl adjacent to an activating group) is 1. The van der Waals surface area contributed by atoms with Crippen molar-refractivity contribution in [3.8, 4) is 5.75 Å². The molecule has 0 aromatic heterocycles. The predicted molar refractivity (Wildman–Crippen MR) is 110 cm³/mol. The number of carbonyl (C=O) groups excluding carboxylic acids is 1. The number of phenolic OH excluding ortho intramolecular Hbond substituents is 1. The van der Waals surface area contributed by atoms with E-state index in [0.717, 1.165) is 5.56 Å². The molecule has 3 rings (SSSR count). The van der Waals surface area contributed by atoms with Crippen molar-refractivity contribution < 1.29 is 19.8 Å². The van der Waals surface area contributed by atoms with E-state index in [9.17, 15) is 14.7 Å². The SMILES string of the molecule is CN1C(=O)C(=Cc2ccc(O)c(I)c2)SC1=Nc1ccc(C(=O)O)cc1. The summed E-state index contributed by atoms with van der Waals surface area (Å²) in [7, 11) is 1.64. The first kappa shape index (κ1) is 18.5. The molecule has 26 heavy (non-hydrogen) atoms. The monoisotopic (exact) mass is 480 g/mol. The van der Waals surface area contributed by atoms with Crippen molar-refractivity contribution in [3.63, 3.8) is 0 Å². The summed E-state index contributed by atoms with van der Waals surface area (Å²) >= 11 is 3.27. The number of benzene rings is 2. The van der Waals surface area contributed by atoms with Gasteiger partial charge in [0.05, 0.1) is 19.7 Å². The standard InChI is InChI=1S/C18H13IN2O4S/c1-21-16(23)15(9-10-2-7-14(22)13(19)8-10)26-18(21)20-12-5-3-11(4-6-12)17(24)25/h2-9,22H,1H3,(H,24,25). The first-order valence-corrected chi connectivity index (χ1v) is 9.33. The summed E-state index contributed by atoms with van der Waals surface area (Å²) in [5.41, 5.74) is 1.56. The zero-order valence-corrected chi connectivity index (χ0v) is 16.5. The third-order valence-corrected chi connectivity index (χ3v) is 5.54. The molecule has 8 heteroatoms. The van der Waals surface area contributed by atoms with E-state index in [4.69, 9.17) is 5.11 Å². The van der Waals surface area contributed by atoms with Crippen LogP contribution >= 0.6 is 34.4 Å². The maximum Gasteiger partial charge on any atom is 0.335 e. The second kappa shape index (κ2) is 7.50. The zero-order valence-electron chi connectivity index (χ0n) is 13.5. The fourth-order valence-corrected chi connectivity index (χ4v) is 3.73. The number of carboxylic acid groups (broad SMARTS) is 1. The molecule has 0 radical (unpaired) electrons. The van der Waals surface area contributed by atoms with Crippen LogP contribution in [0, 0.1) is 3.57 Å². The van der Waals surface area contributed by atoms with Gasteiger partial charge >= 0.3 is 5.97 Å². The highest BCUT2D eigenvalue weighted by atomic mass is 127. The molecule has 0 aliphatic carbocycles. The highest BCUT2D eigenvalue weighted by Crippen LogP contribution is 2.33. The lowest BCUT2D eigenvalue weighted by Crippen LogP contribution is -2.23. The first-order valence-electron chi connectivity index (χ1n) is 7.43. The molecule has 1 fully saturated rings. The molecule has 0 atom stereocenters. The Labute approximate surface area is 167 Å². The molecule has 1 saturated heterocycles. The van der Waals surface area contributed by atoms with Crippen molar-refractivity contribution in [2.24, 2.45) is 4.99 Å². The summed E-state index contributed by atoms with van der Waals surface area (Å²) < 4.78 is 0.702. The molecular weight excluding hydrogens is 467 g/mol. The maximum absolute atomic E-state index is 12.4. The number of carboxylic acids is 1. The molecule has 2 aromatic carbocycles. The minimum atomic E-state index is -1.000. The Kier molecular flexibility index (Phi) is 5.33. The zero-order chi connectivity index (χ0) is 18.8. The van der Waals surface area contributed by atoms with E-state index >= 15 is 0 Å². The van der Waals surface area contributed by atoms with Gasteiger partial charge in [0.1, 0.15) is 5.75 Å². The van der Waals surface area contributed by atoms with Crippen LogP contribution in [0.2, 0.25) is 0 Å². The van der Waals surface area contributed by atoms with E-state index in [2.05, 4.69) is 4.99 Å². The van der Waals surface area contributed by atoms with Crippen LogP contribution in [0.25, 0.3) is 6.08 Å². The fourth-order valence-electron chi connectivity index (χ4n) is 2.20. The van der Waals surface area contributed by atoms with Gasteiger partial charge in [0.15, 0.2) is 5.17 Å². The van der Waals surface area contributed by atoms with E-state index < -0.39 is 5.97 Å². The van der Waals surface area contributed by atoms with Gasteiger partial charge in [-0.2, -0.15) is 0 Å². The van der Waals surface area contributed by atoms with Gasteiger partial charge < -0.3 is 10.2 Å². The summed E-state index contributed by atoms with van der Waals surface area (Å²) in [6, 6.07) is 11.2. The molecule has 132 valence electrons. The third kappa shape index (κ3) is 3.91. The molecule has 1 aliphatic rings. The highest BCUT2D eigenvalue weighted by molar-refractivity contribution is 14.1. The molecule has 6 nitrogen and oxygen atoms in total. The Hall–Kier alpha value is -2.33. The number of thioether (sulfide) groups is 1. The molecule has 2 N–H and O–H groups in total. The van der Waals surface area contributed by atoms with Crippen molar-refractivity contribution in [2.75, 3.05) is 7.05 Å². The van der Waals surface area contributed by atoms with Crippen LogP contribution in [0.15, 0.2) is 52.4 Å². The Morgan fingerprint density at radius 3 is 2.54 bits per heavy atom. The van der Waals surface area contributed by atoms with Crippen molar-refractivity contribution in [1.82, 2.24) is 4.90 Å². The second-order valence-electron chi connectivity index (χ2n) is 5.43. The number of aromatic hydroxyl groups is 1. The number of hydrogen-bond acceptors (Lipinski definition) is 5. The molecule has 2 aromatic rings. The van der Waals surface area contributed by atoms with Gasteiger partial charge in [-0.15, -0.1) is 0 Å². The van der Waals surface area contributed by atoms with Crippen LogP contribution in [0.3, 0.4) is 0 Å². The molecule has 0 spiro atoms. The van der Waals surface area contributed by atoms with Crippen LogP contribution in [-0.4, -0.2) is 39.2 Å². The number of carbonyl (C=O) groups is 2. The van der Waals surface area contributed by atoms with Crippen LogP contribution < -0.4 is 0 Å². The third-order valence-electron chi connectivity index (χ3n) is 3.61. The lowest BCUT2D eigenvalue weighted by Gasteiger charge is -2.07. The number of aromatic carboxylic acids is 1. The number of aliphatic imine (C=N–C) groups is 1. The van der Waals surface area contributed by atoms with Crippen LogP contribution in [-0.2, 0) is 4.79 Å². The van der Waals surface area contributed by atoms with E-state index in [1.54, 1.807) is 43.5 Å². The largest absolute Gasteiger partial charge is 0.507 e. The summed E-state index contributed by atoms with van der Waals surface area (Å²) in [6.07, 6.45) is 1.75. The van der Waals surface area contributed by atoms with Crippen molar-refractivity contribution in [3.05, 3.63) is 62.1 Å². The number of nitrogens with zero attached hydrogens (tertiary/aromatic N) is 2. The van der Waals surface area contributed by atoms with Gasteiger partial charge in [-0.1, -0.05) is 6.07 Å². The van der Waals surface area contributed by atoms with Crippen LogP contribution in [0.5, 0.6) is 5.75 Å². The van der Waals surface area contributed by atoms with Gasteiger partial charge in [0, 0.05) is 7.05 Å². The lowest BCUT2D eigenvalue weighted by atomic mass is 10.2. The normalized spacial score (nSPS) is 17.3. The number of hydrogen-bond donors (Lipinski definition) is 2. The smallest absolute Gasteiger partial charge is 0.335 e. The van der Waals surface area contributed by atoms with E-state index in [1.165, 1.54) is 28.8 Å². The van der Waals surface area contributed by atoms with Gasteiger partial charge in [-0.05, 0) is 82.4 Å². The second-order valence-corrected chi connectivity index (χ2v) is 7.60. The summed E-state index contributed by atoms with van der Waals surface area (Å²) in [6.45, 7) is 0. The number of rotatable bonds is 3. The Morgan fingerprint density at radius 1 is 1.23 bits per heavy atom. The minimum absolute atomic E-state index is 0.168. The number of phenols is 1. The average molecular weight is 480 g/mol. The van der Waals surface area contributed by atoms with Gasteiger partial charge in [0.2, 0.25) is 0 Å². The van der Waals surface area contributed by atoms with E-state index in [-0.39, 0.29) is 17.2 Å². The van der Waals surface area contributed by atoms with Gasteiger partial charge in [-0.25, -0.2) is 9.79 Å². The lowest BCUT2D eigenvalue weighted by molar-refractivity contribution is -0.121. The quantitative estimate of drug-likeness (QED) is 0.514. The summed E-state index contributed by atoms with van der Waals surface area (Å²) in [5, 5.41) is 19.0. The Bertz CT molecular complexity index is 954. The van der Waals surface area contributed by atoms with Crippen molar-refractivity contribution in [2.45, 2.75) is 0 Å². The molecule has 0 bridgehead atoms.